The normalized spacial score (nSPS) is 18.0. The average molecular weight is 239 g/mol. The summed E-state index contributed by atoms with van der Waals surface area (Å²) in [5.41, 5.74) is -1.41. The minimum atomic E-state index is -1.39. The SMILES string of the molecule is O=C(Nc1cc(F)ccc1O)C1(O)CCCC1. The molecule has 0 aliphatic heterocycles. The topological polar surface area (TPSA) is 69.6 Å². The minimum absolute atomic E-state index is 0.0182. The fraction of sp³-hybridized carbons (Fsp3) is 0.417. The van der Waals surface area contributed by atoms with E-state index in [4.69, 9.17) is 0 Å². The van der Waals surface area contributed by atoms with Crippen LogP contribution < -0.4 is 5.32 Å². The van der Waals surface area contributed by atoms with Crippen LogP contribution in [-0.4, -0.2) is 21.7 Å². The van der Waals surface area contributed by atoms with E-state index in [1.165, 1.54) is 0 Å². The van der Waals surface area contributed by atoms with E-state index in [0.717, 1.165) is 31.0 Å². The van der Waals surface area contributed by atoms with Crippen LogP contribution in [-0.2, 0) is 4.79 Å². The second-order valence-electron chi connectivity index (χ2n) is 4.35. The van der Waals surface area contributed by atoms with Crippen molar-refractivity contribution < 1.29 is 19.4 Å². The lowest BCUT2D eigenvalue weighted by molar-refractivity contribution is -0.133. The first-order valence-corrected chi connectivity index (χ1v) is 5.54. The quantitative estimate of drug-likeness (QED) is 0.689. The maximum absolute atomic E-state index is 12.9. The van der Waals surface area contributed by atoms with Crippen molar-refractivity contribution in [3.63, 3.8) is 0 Å². The zero-order valence-corrected chi connectivity index (χ0v) is 9.24. The van der Waals surface area contributed by atoms with Crippen LogP contribution in [0.15, 0.2) is 18.2 Å². The van der Waals surface area contributed by atoms with E-state index in [-0.39, 0.29) is 11.4 Å². The second kappa shape index (κ2) is 4.33. The van der Waals surface area contributed by atoms with Crippen LogP contribution >= 0.6 is 0 Å². The molecule has 0 unspecified atom stereocenters. The molecule has 1 aromatic rings. The number of aliphatic hydroxyl groups is 1. The van der Waals surface area contributed by atoms with Gasteiger partial charge in [0.15, 0.2) is 0 Å². The molecule has 0 bridgehead atoms. The highest BCUT2D eigenvalue weighted by Gasteiger charge is 2.39. The summed E-state index contributed by atoms with van der Waals surface area (Å²) in [6.07, 6.45) is 2.38. The number of hydrogen-bond acceptors (Lipinski definition) is 3. The van der Waals surface area contributed by atoms with Crippen molar-refractivity contribution in [3.8, 4) is 5.75 Å². The summed E-state index contributed by atoms with van der Waals surface area (Å²) < 4.78 is 12.9. The molecule has 1 amide bonds. The highest BCUT2D eigenvalue weighted by molar-refractivity contribution is 5.98. The number of amides is 1. The Morgan fingerprint density at radius 2 is 2.00 bits per heavy atom. The number of phenolic OH excluding ortho intramolecular Hbond substituents is 1. The summed E-state index contributed by atoms with van der Waals surface area (Å²) in [6, 6.07) is 3.27. The Bertz CT molecular complexity index is 441. The van der Waals surface area contributed by atoms with Crippen molar-refractivity contribution in [1.29, 1.82) is 0 Å². The monoisotopic (exact) mass is 239 g/mol. The molecule has 1 saturated carbocycles. The fourth-order valence-corrected chi connectivity index (χ4v) is 2.03. The van der Waals surface area contributed by atoms with Gasteiger partial charge in [0.05, 0.1) is 5.69 Å². The molecule has 0 aromatic heterocycles. The van der Waals surface area contributed by atoms with Gasteiger partial charge in [0.25, 0.3) is 5.91 Å². The van der Waals surface area contributed by atoms with Crippen molar-refractivity contribution in [2.45, 2.75) is 31.3 Å². The standard InChI is InChI=1S/C12H14FNO3/c13-8-3-4-10(15)9(7-8)14-11(16)12(17)5-1-2-6-12/h3-4,7,15,17H,1-2,5-6H2,(H,14,16). The van der Waals surface area contributed by atoms with Crippen LogP contribution in [0.3, 0.4) is 0 Å². The smallest absolute Gasteiger partial charge is 0.256 e. The third-order valence-corrected chi connectivity index (χ3v) is 3.06. The highest BCUT2D eigenvalue weighted by Crippen LogP contribution is 2.32. The van der Waals surface area contributed by atoms with Gasteiger partial charge in [-0.05, 0) is 37.8 Å². The molecule has 0 spiro atoms. The molecule has 0 atom stereocenters. The number of carbonyl (C=O) groups excluding carboxylic acids is 1. The Hall–Kier alpha value is -1.62. The fourth-order valence-electron chi connectivity index (χ4n) is 2.03. The molecule has 17 heavy (non-hydrogen) atoms. The Morgan fingerprint density at radius 1 is 1.35 bits per heavy atom. The lowest BCUT2D eigenvalue weighted by Gasteiger charge is -2.21. The predicted octanol–water partition coefficient (Wildman–Crippen LogP) is 1.77. The maximum atomic E-state index is 12.9. The van der Waals surface area contributed by atoms with E-state index >= 15 is 0 Å². The highest BCUT2D eigenvalue weighted by atomic mass is 19.1. The van der Waals surface area contributed by atoms with Crippen molar-refractivity contribution in [3.05, 3.63) is 24.0 Å². The Kier molecular flexibility index (Phi) is 3.02. The Morgan fingerprint density at radius 3 is 2.65 bits per heavy atom. The third kappa shape index (κ3) is 2.39. The zero-order valence-electron chi connectivity index (χ0n) is 9.24. The van der Waals surface area contributed by atoms with E-state index in [2.05, 4.69) is 5.32 Å². The number of nitrogens with one attached hydrogen (secondary N) is 1. The first-order valence-electron chi connectivity index (χ1n) is 5.54. The summed E-state index contributed by atoms with van der Waals surface area (Å²) in [5, 5.41) is 21.8. The number of rotatable bonds is 2. The summed E-state index contributed by atoms with van der Waals surface area (Å²) in [6.45, 7) is 0. The first kappa shape index (κ1) is 11.9. The molecule has 1 fully saturated rings. The minimum Gasteiger partial charge on any atom is -0.506 e. The number of halogens is 1. The zero-order chi connectivity index (χ0) is 12.5. The van der Waals surface area contributed by atoms with Gasteiger partial charge in [-0.1, -0.05) is 0 Å². The second-order valence-corrected chi connectivity index (χ2v) is 4.35. The Labute approximate surface area is 98.1 Å². The lowest BCUT2D eigenvalue weighted by Crippen LogP contribution is -2.40. The summed E-state index contributed by atoms with van der Waals surface area (Å²) in [4.78, 5) is 11.8. The van der Waals surface area contributed by atoms with Gasteiger partial charge in [-0.3, -0.25) is 4.79 Å². The molecule has 1 aliphatic carbocycles. The molecule has 3 N–H and O–H groups in total. The van der Waals surface area contributed by atoms with Crippen molar-refractivity contribution in [2.75, 3.05) is 5.32 Å². The van der Waals surface area contributed by atoms with Crippen LogP contribution in [0.25, 0.3) is 0 Å². The van der Waals surface area contributed by atoms with Gasteiger partial charge < -0.3 is 15.5 Å². The molecule has 4 nitrogen and oxygen atoms in total. The van der Waals surface area contributed by atoms with E-state index in [1.54, 1.807) is 0 Å². The van der Waals surface area contributed by atoms with Crippen molar-refractivity contribution in [2.24, 2.45) is 0 Å². The molecular weight excluding hydrogens is 225 g/mol. The summed E-state index contributed by atoms with van der Waals surface area (Å²) in [5.74, 6) is -1.37. The number of phenols is 1. The van der Waals surface area contributed by atoms with E-state index in [0.29, 0.717) is 12.8 Å². The van der Waals surface area contributed by atoms with Gasteiger partial charge in [-0.15, -0.1) is 0 Å². The van der Waals surface area contributed by atoms with Gasteiger partial charge in [0.2, 0.25) is 0 Å². The maximum Gasteiger partial charge on any atom is 0.256 e. The molecular formula is C12H14FNO3. The van der Waals surface area contributed by atoms with Gasteiger partial charge >= 0.3 is 0 Å². The number of anilines is 1. The van der Waals surface area contributed by atoms with Gasteiger partial charge in [0, 0.05) is 6.07 Å². The van der Waals surface area contributed by atoms with Crippen molar-refractivity contribution in [1.82, 2.24) is 0 Å². The molecule has 0 saturated heterocycles. The van der Waals surface area contributed by atoms with Gasteiger partial charge in [-0.25, -0.2) is 4.39 Å². The van der Waals surface area contributed by atoms with Crippen LogP contribution in [0, 0.1) is 5.82 Å². The average Bonchev–Trinajstić information content (AvgIpc) is 2.72. The number of aromatic hydroxyl groups is 1. The largest absolute Gasteiger partial charge is 0.506 e. The number of carbonyl (C=O) groups is 1. The van der Waals surface area contributed by atoms with Gasteiger partial charge in [-0.2, -0.15) is 0 Å². The van der Waals surface area contributed by atoms with E-state index in [9.17, 15) is 19.4 Å². The van der Waals surface area contributed by atoms with Crippen LogP contribution in [0.5, 0.6) is 5.75 Å². The number of hydrogen-bond donors (Lipinski definition) is 3. The molecule has 0 heterocycles. The first-order chi connectivity index (χ1) is 8.01. The Balaban J connectivity index is 2.15. The van der Waals surface area contributed by atoms with Gasteiger partial charge in [0.1, 0.15) is 17.2 Å². The van der Waals surface area contributed by atoms with Crippen LogP contribution in [0.1, 0.15) is 25.7 Å². The van der Waals surface area contributed by atoms with Crippen LogP contribution in [0.4, 0.5) is 10.1 Å². The molecule has 5 heteroatoms. The third-order valence-electron chi connectivity index (χ3n) is 3.06. The predicted molar refractivity (Wildman–Crippen MR) is 60.1 cm³/mol. The molecule has 2 rings (SSSR count). The van der Waals surface area contributed by atoms with Crippen LogP contribution in [0.2, 0.25) is 0 Å². The lowest BCUT2D eigenvalue weighted by atomic mass is 10.0. The molecule has 92 valence electrons. The van der Waals surface area contributed by atoms with Crippen molar-refractivity contribution >= 4 is 11.6 Å². The van der Waals surface area contributed by atoms with E-state index in [1.807, 2.05) is 0 Å². The molecule has 1 aromatic carbocycles. The summed E-state index contributed by atoms with van der Waals surface area (Å²) in [7, 11) is 0. The van der Waals surface area contributed by atoms with E-state index < -0.39 is 17.3 Å². The number of benzene rings is 1. The summed E-state index contributed by atoms with van der Waals surface area (Å²) >= 11 is 0. The molecule has 1 aliphatic rings. The molecule has 0 radical (unpaired) electrons.